The fraction of sp³-hybridized carbons (Fsp3) is 0.533. The monoisotopic (exact) mass is 294 g/mol. The van der Waals surface area contributed by atoms with Crippen LogP contribution in [0.1, 0.15) is 6.42 Å². The summed E-state index contributed by atoms with van der Waals surface area (Å²) in [6.07, 6.45) is 0.404. The van der Waals surface area contributed by atoms with E-state index in [1.807, 2.05) is 11.9 Å². The molecule has 1 atom stereocenters. The molecule has 2 aliphatic heterocycles. The first-order chi connectivity index (χ1) is 10.2. The Morgan fingerprint density at radius 2 is 2.05 bits per heavy atom. The topological polar surface area (TPSA) is 42.0 Å². The number of rotatable bonds is 4. The van der Waals surface area contributed by atoms with Crippen molar-refractivity contribution in [1.82, 2.24) is 4.90 Å². The molecule has 114 valence electrons. The van der Waals surface area contributed by atoms with E-state index in [1.165, 1.54) is 11.0 Å². The maximum Gasteiger partial charge on any atom is 0.244 e. The minimum atomic E-state index is -0.364. The molecule has 1 aromatic carbocycles. The molecule has 0 aromatic heterocycles. The molecular formula is C15H19FN2O3. The molecule has 1 amide bonds. The molecule has 0 saturated carbocycles. The van der Waals surface area contributed by atoms with Crippen LogP contribution in [0.2, 0.25) is 0 Å². The van der Waals surface area contributed by atoms with Crippen LogP contribution >= 0.6 is 0 Å². The molecule has 2 heterocycles. The molecule has 0 spiro atoms. The van der Waals surface area contributed by atoms with Gasteiger partial charge in [-0.3, -0.25) is 9.69 Å². The van der Waals surface area contributed by atoms with E-state index in [0.717, 1.165) is 0 Å². The number of carbonyl (C=O) groups is 1. The lowest BCUT2D eigenvalue weighted by atomic mass is 10.2. The van der Waals surface area contributed by atoms with E-state index >= 15 is 0 Å². The van der Waals surface area contributed by atoms with Crippen LogP contribution in [0.5, 0.6) is 0 Å². The predicted octanol–water partition coefficient (Wildman–Crippen LogP) is 1.24. The summed E-state index contributed by atoms with van der Waals surface area (Å²) in [6, 6.07) is 6.12. The fourth-order valence-corrected chi connectivity index (χ4v) is 2.86. The van der Waals surface area contributed by atoms with Crippen LogP contribution in [0, 0.1) is 5.82 Å². The lowest BCUT2D eigenvalue weighted by Gasteiger charge is -2.25. The highest BCUT2D eigenvalue weighted by molar-refractivity contribution is 5.99. The fourth-order valence-electron chi connectivity index (χ4n) is 2.86. The number of hydrogen-bond acceptors (Lipinski definition) is 4. The molecule has 0 bridgehead atoms. The van der Waals surface area contributed by atoms with Crippen molar-refractivity contribution in [2.45, 2.75) is 18.8 Å². The van der Waals surface area contributed by atoms with Crippen LogP contribution in [-0.2, 0) is 14.3 Å². The van der Waals surface area contributed by atoms with Crippen molar-refractivity contribution >= 4 is 11.6 Å². The molecule has 1 aromatic rings. The number of amides is 1. The van der Waals surface area contributed by atoms with Crippen molar-refractivity contribution in [2.75, 3.05) is 38.3 Å². The Hall–Kier alpha value is -1.50. The Balaban J connectivity index is 1.67. The second-order valence-corrected chi connectivity index (χ2v) is 5.36. The van der Waals surface area contributed by atoms with Gasteiger partial charge in [0.1, 0.15) is 5.82 Å². The largest absolute Gasteiger partial charge is 0.349 e. The smallest absolute Gasteiger partial charge is 0.244 e. The minimum Gasteiger partial charge on any atom is -0.349 e. The second kappa shape index (κ2) is 6.09. The third-order valence-corrected chi connectivity index (χ3v) is 3.98. The van der Waals surface area contributed by atoms with E-state index in [9.17, 15) is 9.18 Å². The van der Waals surface area contributed by atoms with E-state index in [-0.39, 0.29) is 24.1 Å². The van der Waals surface area contributed by atoms with Crippen molar-refractivity contribution in [3.8, 4) is 0 Å². The van der Waals surface area contributed by atoms with Crippen molar-refractivity contribution in [3.63, 3.8) is 0 Å². The summed E-state index contributed by atoms with van der Waals surface area (Å²) in [7, 11) is 1.87. The molecule has 0 aliphatic carbocycles. The van der Waals surface area contributed by atoms with Crippen molar-refractivity contribution in [1.29, 1.82) is 0 Å². The van der Waals surface area contributed by atoms with Gasteiger partial charge in [0.05, 0.1) is 24.9 Å². The Kier molecular flexibility index (Phi) is 4.19. The zero-order chi connectivity index (χ0) is 14.8. The quantitative estimate of drug-likeness (QED) is 0.838. The van der Waals surface area contributed by atoms with Crippen molar-refractivity contribution in [3.05, 3.63) is 30.1 Å². The third kappa shape index (κ3) is 2.92. The number of para-hydroxylation sites is 1. The summed E-state index contributed by atoms with van der Waals surface area (Å²) in [5.74, 6) is -0.433. The summed E-state index contributed by atoms with van der Waals surface area (Å²) in [6.45, 7) is 2.26. The van der Waals surface area contributed by atoms with Crippen molar-refractivity contribution in [2.24, 2.45) is 0 Å². The standard InChI is InChI=1S/C15H19FN2O3/c1-17(10-14-20-8-9-21-14)13-6-7-18(15(13)19)12-5-3-2-4-11(12)16/h2-5,13-14H,6-10H2,1H3. The number of likely N-dealkylation sites (N-methyl/N-ethyl adjacent to an activating group) is 1. The van der Waals surface area contributed by atoms with E-state index in [1.54, 1.807) is 18.2 Å². The normalized spacial score (nSPS) is 23.5. The van der Waals surface area contributed by atoms with Gasteiger partial charge in [0.25, 0.3) is 0 Å². The van der Waals surface area contributed by atoms with E-state index in [0.29, 0.717) is 38.4 Å². The zero-order valence-electron chi connectivity index (χ0n) is 12.0. The number of carbonyl (C=O) groups excluding carboxylic acids is 1. The predicted molar refractivity (Wildman–Crippen MR) is 75.5 cm³/mol. The Morgan fingerprint density at radius 1 is 1.33 bits per heavy atom. The van der Waals surface area contributed by atoms with Crippen LogP contribution < -0.4 is 4.90 Å². The van der Waals surface area contributed by atoms with Gasteiger partial charge in [-0.2, -0.15) is 0 Å². The first-order valence-corrected chi connectivity index (χ1v) is 7.16. The van der Waals surface area contributed by atoms with Gasteiger partial charge in [-0.05, 0) is 25.6 Å². The molecule has 5 nitrogen and oxygen atoms in total. The molecule has 2 aliphatic rings. The maximum atomic E-state index is 13.8. The molecule has 2 fully saturated rings. The van der Waals surface area contributed by atoms with Gasteiger partial charge in [-0.1, -0.05) is 12.1 Å². The highest BCUT2D eigenvalue weighted by Crippen LogP contribution is 2.26. The number of anilines is 1. The molecule has 6 heteroatoms. The number of halogens is 1. The number of ether oxygens (including phenoxy) is 2. The second-order valence-electron chi connectivity index (χ2n) is 5.36. The lowest BCUT2D eigenvalue weighted by Crippen LogP contribution is -2.43. The van der Waals surface area contributed by atoms with Crippen LogP contribution in [0.4, 0.5) is 10.1 Å². The van der Waals surface area contributed by atoms with Gasteiger partial charge >= 0.3 is 0 Å². The van der Waals surface area contributed by atoms with Gasteiger partial charge in [0.15, 0.2) is 6.29 Å². The average molecular weight is 294 g/mol. The summed E-state index contributed by atoms with van der Waals surface area (Å²) < 4.78 is 24.6. The molecule has 21 heavy (non-hydrogen) atoms. The maximum absolute atomic E-state index is 13.8. The number of nitrogens with zero attached hydrogens (tertiary/aromatic N) is 2. The Bertz CT molecular complexity index is 519. The Labute approximate surface area is 123 Å². The third-order valence-electron chi connectivity index (χ3n) is 3.98. The summed E-state index contributed by atoms with van der Waals surface area (Å²) >= 11 is 0. The molecule has 2 saturated heterocycles. The SMILES string of the molecule is CN(CC1OCCO1)C1CCN(c2ccccc2F)C1=O. The Morgan fingerprint density at radius 3 is 2.76 bits per heavy atom. The van der Waals surface area contributed by atoms with Crippen LogP contribution in [-0.4, -0.2) is 56.5 Å². The van der Waals surface area contributed by atoms with Crippen LogP contribution in [0.25, 0.3) is 0 Å². The van der Waals surface area contributed by atoms with Gasteiger partial charge < -0.3 is 14.4 Å². The van der Waals surface area contributed by atoms with Gasteiger partial charge in [-0.25, -0.2) is 4.39 Å². The number of benzene rings is 1. The van der Waals surface area contributed by atoms with Gasteiger partial charge in [0, 0.05) is 13.1 Å². The lowest BCUT2D eigenvalue weighted by molar-refractivity contribution is -0.123. The van der Waals surface area contributed by atoms with E-state index in [2.05, 4.69) is 0 Å². The van der Waals surface area contributed by atoms with E-state index in [4.69, 9.17) is 9.47 Å². The molecule has 3 rings (SSSR count). The highest BCUT2D eigenvalue weighted by Gasteiger charge is 2.37. The number of hydrogen-bond donors (Lipinski definition) is 0. The molecule has 1 unspecified atom stereocenters. The van der Waals surface area contributed by atoms with Crippen LogP contribution in [0.15, 0.2) is 24.3 Å². The minimum absolute atomic E-state index is 0.0689. The van der Waals surface area contributed by atoms with Gasteiger partial charge in [-0.15, -0.1) is 0 Å². The molecule has 0 radical (unpaired) electrons. The summed E-state index contributed by atoms with van der Waals surface area (Å²) in [5.41, 5.74) is 0.353. The summed E-state index contributed by atoms with van der Waals surface area (Å²) in [4.78, 5) is 16.0. The van der Waals surface area contributed by atoms with Crippen molar-refractivity contribution < 1.29 is 18.7 Å². The first-order valence-electron chi connectivity index (χ1n) is 7.16. The van der Waals surface area contributed by atoms with Gasteiger partial charge in [0.2, 0.25) is 5.91 Å². The van der Waals surface area contributed by atoms with E-state index < -0.39 is 0 Å². The summed E-state index contributed by atoms with van der Waals surface area (Å²) in [5, 5.41) is 0. The average Bonchev–Trinajstić information content (AvgIpc) is 3.09. The molecule has 0 N–H and O–H groups in total. The highest BCUT2D eigenvalue weighted by atomic mass is 19.1. The molecular weight excluding hydrogens is 275 g/mol. The first kappa shape index (κ1) is 14.4. The van der Waals surface area contributed by atoms with Crippen LogP contribution in [0.3, 0.4) is 0 Å². The zero-order valence-corrected chi connectivity index (χ0v) is 12.0.